The fourth-order valence-electron chi connectivity index (χ4n) is 2.92. The smallest absolute Gasteiger partial charge is 0.0693 e. The van der Waals surface area contributed by atoms with Crippen LogP contribution >= 0.6 is 0 Å². The van der Waals surface area contributed by atoms with E-state index in [1.54, 1.807) is 0 Å². The molecule has 2 fully saturated rings. The van der Waals surface area contributed by atoms with Gasteiger partial charge in [0, 0.05) is 12.6 Å². The lowest BCUT2D eigenvalue weighted by Gasteiger charge is -2.30. The van der Waals surface area contributed by atoms with E-state index < -0.39 is 0 Å². The van der Waals surface area contributed by atoms with E-state index in [9.17, 15) is 5.11 Å². The van der Waals surface area contributed by atoms with Crippen molar-refractivity contribution in [3.05, 3.63) is 0 Å². The third kappa shape index (κ3) is 2.94. The lowest BCUT2D eigenvalue weighted by molar-refractivity contribution is 0.0878. The van der Waals surface area contributed by atoms with Crippen LogP contribution in [-0.4, -0.2) is 23.8 Å². The molecule has 0 amide bonds. The standard InChI is InChI=1S/C13H25NO/c1-2-7-13(8-9-13)10-14-11-5-3-4-6-12(11)15/h11-12,14-15H,2-10H2,1H3. The maximum Gasteiger partial charge on any atom is 0.0693 e. The van der Waals surface area contributed by atoms with Crippen LogP contribution in [0.5, 0.6) is 0 Å². The van der Waals surface area contributed by atoms with Crippen LogP contribution in [0.3, 0.4) is 0 Å². The van der Waals surface area contributed by atoms with Crippen molar-refractivity contribution in [2.45, 2.75) is 70.4 Å². The van der Waals surface area contributed by atoms with Gasteiger partial charge in [-0.3, -0.25) is 0 Å². The lowest BCUT2D eigenvalue weighted by atomic mass is 9.91. The molecule has 2 unspecified atom stereocenters. The van der Waals surface area contributed by atoms with Gasteiger partial charge in [-0.2, -0.15) is 0 Å². The topological polar surface area (TPSA) is 32.3 Å². The van der Waals surface area contributed by atoms with Gasteiger partial charge in [0.05, 0.1) is 6.10 Å². The van der Waals surface area contributed by atoms with Crippen LogP contribution < -0.4 is 5.32 Å². The Morgan fingerprint density at radius 3 is 2.60 bits per heavy atom. The Bertz CT molecular complexity index is 201. The first-order valence-corrected chi connectivity index (χ1v) is 6.67. The number of hydrogen-bond donors (Lipinski definition) is 2. The van der Waals surface area contributed by atoms with E-state index in [1.807, 2.05) is 0 Å². The predicted octanol–water partition coefficient (Wildman–Crippen LogP) is 2.46. The van der Waals surface area contributed by atoms with Crippen molar-refractivity contribution < 1.29 is 5.11 Å². The highest BCUT2D eigenvalue weighted by atomic mass is 16.3. The molecule has 0 spiro atoms. The van der Waals surface area contributed by atoms with Crippen molar-refractivity contribution in [2.75, 3.05) is 6.54 Å². The zero-order valence-corrected chi connectivity index (χ0v) is 9.97. The summed E-state index contributed by atoms with van der Waals surface area (Å²) < 4.78 is 0. The minimum absolute atomic E-state index is 0.0869. The highest BCUT2D eigenvalue weighted by Crippen LogP contribution is 2.49. The molecule has 88 valence electrons. The van der Waals surface area contributed by atoms with Crippen molar-refractivity contribution in [2.24, 2.45) is 5.41 Å². The predicted molar refractivity (Wildman–Crippen MR) is 62.8 cm³/mol. The van der Waals surface area contributed by atoms with Crippen molar-refractivity contribution in [3.63, 3.8) is 0 Å². The molecule has 2 atom stereocenters. The molecule has 0 heterocycles. The van der Waals surface area contributed by atoms with E-state index in [-0.39, 0.29) is 6.10 Å². The number of hydrogen-bond acceptors (Lipinski definition) is 2. The number of rotatable bonds is 5. The van der Waals surface area contributed by atoms with Gasteiger partial charge in [0.2, 0.25) is 0 Å². The molecule has 2 aliphatic carbocycles. The van der Waals surface area contributed by atoms with Gasteiger partial charge in [0.15, 0.2) is 0 Å². The zero-order valence-electron chi connectivity index (χ0n) is 9.97. The van der Waals surface area contributed by atoms with Crippen LogP contribution in [0.15, 0.2) is 0 Å². The van der Waals surface area contributed by atoms with E-state index in [0.29, 0.717) is 11.5 Å². The van der Waals surface area contributed by atoms with E-state index in [4.69, 9.17) is 0 Å². The summed E-state index contributed by atoms with van der Waals surface area (Å²) in [6.45, 7) is 3.41. The van der Waals surface area contributed by atoms with Gasteiger partial charge in [-0.05, 0) is 37.5 Å². The van der Waals surface area contributed by atoms with Crippen molar-refractivity contribution in [1.82, 2.24) is 5.32 Å². The lowest BCUT2D eigenvalue weighted by Crippen LogP contribution is -2.44. The third-order valence-corrected chi connectivity index (χ3v) is 4.21. The van der Waals surface area contributed by atoms with Crippen LogP contribution in [0.25, 0.3) is 0 Å². The second-order valence-corrected chi connectivity index (χ2v) is 5.59. The molecule has 0 saturated heterocycles. The van der Waals surface area contributed by atoms with Gasteiger partial charge in [0.1, 0.15) is 0 Å². The van der Waals surface area contributed by atoms with Gasteiger partial charge >= 0.3 is 0 Å². The van der Waals surface area contributed by atoms with Crippen molar-refractivity contribution >= 4 is 0 Å². The summed E-state index contributed by atoms with van der Waals surface area (Å²) in [6, 6.07) is 0.382. The SMILES string of the molecule is CCCC1(CNC2CCCCC2O)CC1. The summed E-state index contributed by atoms with van der Waals surface area (Å²) in [4.78, 5) is 0. The maximum atomic E-state index is 9.85. The first-order valence-electron chi connectivity index (χ1n) is 6.67. The largest absolute Gasteiger partial charge is 0.392 e. The normalized spacial score (nSPS) is 34.0. The van der Waals surface area contributed by atoms with E-state index in [2.05, 4.69) is 12.2 Å². The van der Waals surface area contributed by atoms with Crippen LogP contribution in [0, 0.1) is 5.41 Å². The highest BCUT2D eigenvalue weighted by molar-refractivity contribution is 4.96. The summed E-state index contributed by atoms with van der Waals surface area (Å²) in [5.41, 5.74) is 0.617. The molecular formula is C13H25NO. The summed E-state index contributed by atoms with van der Waals surface area (Å²) in [5, 5.41) is 13.5. The van der Waals surface area contributed by atoms with Gasteiger partial charge in [-0.15, -0.1) is 0 Å². The molecule has 0 aromatic heterocycles. The number of aliphatic hydroxyl groups is 1. The first-order chi connectivity index (χ1) is 7.26. The highest BCUT2D eigenvalue weighted by Gasteiger charge is 2.41. The fourth-order valence-corrected chi connectivity index (χ4v) is 2.92. The fraction of sp³-hybridized carbons (Fsp3) is 1.00. The summed E-state index contributed by atoms with van der Waals surface area (Å²) in [6.07, 6.45) is 10.0. The molecule has 0 bridgehead atoms. The second kappa shape index (κ2) is 4.84. The van der Waals surface area contributed by atoms with E-state index in [1.165, 1.54) is 44.9 Å². The Morgan fingerprint density at radius 2 is 2.00 bits per heavy atom. The first kappa shape index (κ1) is 11.4. The molecule has 2 N–H and O–H groups in total. The average molecular weight is 211 g/mol. The number of aliphatic hydroxyl groups excluding tert-OH is 1. The molecule has 0 aromatic rings. The monoisotopic (exact) mass is 211 g/mol. The van der Waals surface area contributed by atoms with E-state index >= 15 is 0 Å². The zero-order chi connectivity index (χ0) is 10.7. The van der Waals surface area contributed by atoms with Crippen LogP contribution in [0.4, 0.5) is 0 Å². The summed E-state index contributed by atoms with van der Waals surface area (Å²) in [7, 11) is 0. The minimum Gasteiger partial charge on any atom is -0.392 e. The van der Waals surface area contributed by atoms with Crippen LogP contribution in [0.1, 0.15) is 58.3 Å². The molecule has 2 heteroatoms. The van der Waals surface area contributed by atoms with E-state index in [0.717, 1.165) is 13.0 Å². The second-order valence-electron chi connectivity index (χ2n) is 5.59. The van der Waals surface area contributed by atoms with Crippen molar-refractivity contribution in [1.29, 1.82) is 0 Å². The Balaban J connectivity index is 1.72. The minimum atomic E-state index is -0.0869. The molecule has 0 radical (unpaired) electrons. The molecule has 15 heavy (non-hydrogen) atoms. The average Bonchev–Trinajstić information content (AvgIpc) is 2.98. The summed E-state index contributed by atoms with van der Waals surface area (Å²) >= 11 is 0. The van der Waals surface area contributed by atoms with Gasteiger partial charge in [0.25, 0.3) is 0 Å². The third-order valence-electron chi connectivity index (χ3n) is 4.21. The Kier molecular flexibility index (Phi) is 3.68. The Hall–Kier alpha value is -0.0800. The maximum absolute atomic E-state index is 9.85. The Morgan fingerprint density at radius 1 is 1.27 bits per heavy atom. The van der Waals surface area contributed by atoms with Gasteiger partial charge in [-0.1, -0.05) is 26.2 Å². The molecule has 2 rings (SSSR count). The van der Waals surface area contributed by atoms with Gasteiger partial charge < -0.3 is 10.4 Å². The molecule has 2 nitrogen and oxygen atoms in total. The number of nitrogens with one attached hydrogen (secondary N) is 1. The van der Waals surface area contributed by atoms with Crippen LogP contribution in [0.2, 0.25) is 0 Å². The molecule has 2 aliphatic rings. The van der Waals surface area contributed by atoms with Gasteiger partial charge in [-0.25, -0.2) is 0 Å². The van der Waals surface area contributed by atoms with Crippen LogP contribution in [-0.2, 0) is 0 Å². The van der Waals surface area contributed by atoms with Crippen molar-refractivity contribution in [3.8, 4) is 0 Å². The quantitative estimate of drug-likeness (QED) is 0.732. The molecule has 0 aromatic carbocycles. The molecular weight excluding hydrogens is 186 g/mol. The Labute approximate surface area is 93.5 Å². The molecule has 2 saturated carbocycles. The molecule has 0 aliphatic heterocycles. The summed E-state index contributed by atoms with van der Waals surface area (Å²) in [5.74, 6) is 0.